The number of halogens is 3. The second kappa shape index (κ2) is 5.46. The standard InChI is InChI=1S/C9H16F3NO2/c1-8(2,7-15)5-13(3-4-14)6-9(10,11)12/h7,14H,3-6H2,1-2H3. The van der Waals surface area contributed by atoms with Gasteiger partial charge in [-0.15, -0.1) is 0 Å². The summed E-state index contributed by atoms with van der Waals surface area (Å²) in [5, 5.41) is 8.61. The van der Waals surface area contributed by atoms with Crippen molar-refractivity contribution in [2.24, 2.45) is 5.41 Å². The first kappa shape index (κ1) is 14.4. The Bertz CT molecular complexity index is 204. The Morgan fingerprint density at radius 1 is 1.27 bits per heavy atom. The second-order valence-corrected chi connectivity index (χ2v) is 4.16. The van der Waals surface area contributed by atoms with Gasteiger partial charge in [-0.2, -0.15) is 13.2 Å². The van der Waals surface area contributed by atoms with Crippen LogP contribution < -0.4 is 0 Å². The van der Waals surface area contributed by atoms with Crippen LogP contribution in [0.1, 0.15) is 13.8 Å². The second-order valence-electron chi connectivity index (χ2n) is 4.16. The quantitative estimate of drug-likeness (QED) is 0.690. The van der Waals surface area contributed by atoms with E-state index in [-0.39, 0.29) is 19.7 Å². The SMILES string of the molecule is CC(C)(C=O)CN(CCO)CC(F)(F)F. The largest absolute Gasteiger partial charge is 0.401 e. The highest BCUT2D eigenvalue weighted by atomic mass is 19.4. The fourth-order valence-electron chi connectivity index (χ4n) is 1.22. The molecule has 0 spiro atoms. The van der Waals surface area contributed by atoms with Crippen molar-refractivity contribution >= 4 is 6.29 Å². The molecule has 0 aliphatic rings. The predicted molar refractivity (Wildman–Crippen MR) is 49.4 cm³/mol. The minimum absolute atomic E-state index is 0.0173. The molecule has 0 radical (unpaired) electrons. The summed E-state index contributed by atoms with van der Waals surface area (Å²) in [6, 6.07) is 0. The Balaban J connectivity index is 4.34. The molecular weight excluding hydrogens is 211 g/mol. The van der Waals surface area contributed by atoms with Gasteiger partial charge in [0.25, 0.3) is 0 Å². The number of carbonyl (C=O) groups excluding carboxylic acids is 1. The van der Waals surface area contributed by atoms with E-state index in [2.05, 4.69) is 0 Å². The van der Waals surface area contributed by atoms with E-state index in [4.69, 9.17) is 5.11 Å². The molecule has 0 fully saturated rings. The van der Waals surface area contributed by atoms with Crippen LogP contribution in [0, 0.1) is 5.41 Å². The summed E-state index contributed by atoms with van der Waals surface area (Å²) in [5.74, 6) is 0. The Kier molecular flexibility index (Phi) is 5.23. The van der Waals surface area contributed by atoms with Gasteiger partial charge in [-0.1, -0.05) is 13.8 Å². The number of nitrogens with zero attached hydrogens (tertiary/aromatic N) is 1. The van der Waals surface area contributed by atoms with Gasteiger partial charge in [0.15, 0.2) is 0 Å². The van der Waals surface area contributed by atoms with Gasteiger partial charge >= 0.3 is 6.18 Å². The van der Waals surface area contributed by atoms with Crippen LogP contribution in [-0.2, 0) is 4.79 Å². The molecule has 0 aromatic rings. The van der Waals surface area contributed by atoms with E-state index >= 15 is 0 Å². The maximum atomic E-state index is 12.1. The summed E-state index contributed by atoms with van der Waals surface area (Å²) in [5.41, 5.74) is -0.833. The maximum absolute atomic E-state index is 12.1. The van der Waals surface area contributed by atoms with Crippen molar-refractivity contribution < 1.29 is 23.1 Å². The highest BCUT2D eigenvalue weighted by Gasteiger charge is 2.32. The smallest absolute Gasteiger partial charge is 0.395 e. The number of aliphatic hydroxyl groups is 1. The monoisotopic (exact) mass is 227 g/mol. The van der Waals surface area contributed by atoms with Crippen molar-refractivity contribution in [3.05, 3.63) is 0 Å². The summed E-state index contributed by atoms with van der Waals surface area (Å²) in [6.07, 6.45) is -3.69. The van der Waals surface area contributed by atoms with Gasteiger partial charge in [0.05, 0.1) is 13.2 Å². The molecule has 6 heteroatoms. The fourth-order valence-corrected chi connectivity index (χ4v) is 1.22. The molecule has 3 nitrogen and oxygen atoms in total. The predicted octanol–water partition coefficient (Wildman–Crippen LogP) is 1.07. The molecule has 0 aromatic heterocycles. The lowest BCUT2D eigenvalue weighted by molar-refractivity contribution is -0.150. The van der Waals surface area contributed by atoms with Crippen LogP contribution in [-0.4, -0.2) is 48.7 Å². The summed E-state index contributed by atoms with van der Waals surface area (Å²) < 4.78 is 36.3. The van der Waals surface area contributed by atoms with E-state index < -0.39 is 18.1 Å². The lowest BCUT2D eigenvalue weighted by Crippen LogP contribution is -2.42. The van der Waals surface area contributed by atoms with Gasteiger partial charge < -0.3 is 9.90 Å². The van der Waals surface area contributed by atoms with Gasteiger partial charge in [-0.25, -0.2) is 0 Å². The first-order valence-corrected chi connectivity index (χ1v) is 4.56. The summed E-state index contributed by atoms with van der Waals surface area (Å²) >= 11 is 0. The number of alkyl halides is 3. The van der Waals surface area contributed by atoms with Gasteiger partial charge in [-0.3, -0.25) is 4.90 Å². The van der Waals surface area contributed by atoms with Gasteiger partial charge in [0.1, 0.15) is 6.29 Å². The Hall–Kier alpha value is -0.620. The number of rotatable bonds is 6. The molecule has 0 heterocycles. The van der Waals surface area contributed by atoms with E-state index in [0.29, 0.717) is 6.29 Å². The van der Waals surface area contributed by atoms with Gasteiger partial charge in [0.2, 0.25) is 0 Å². The van der Waals surface area contributed by atoms with E-state index in [1.807, 2.05) is 0 Å². The minimum atomic E-state index is -4.31. The number of hydrogen-bond acceptors (Lipinski definition) is 3. The van der Waals surface area contributed by atoms with Crippen LogP contribution in [0.2, 0.25) is 0 Å². The Labute approximate surface area is 86.9 Å². The maximum Gasteiger partial charge on any atom is 0.401 e. The van der Waals surface area contributed by atoms with Gasteiger partial charge in [0, 0.05) is 18.5 Å². The Morgan fingerprint density at radius 3 is 2.13 bits per heavy atom. The van der Waals surface area contributed by atoms with Crippen LogP contribution >= 0.6 is 0 Å². The first-order valence-electron chi connectivity index (χ1n) is 4.56. The van der Waals surface area contributed by atoms with E-state index in [1.54, 1.807) is 13.8 Å². The molecule has 0 atom stereocenters. The summed E-state index contributed by atoms with van der Waals surface area (Å²) in [4.78, 5) is 11.6. The Morgan fingerprint density at radius 2 is 1.80 bits per heavy atom. The third kappa shape index (κ3) is 7.33. The third-order valence-corrected chi connectivity index (χ3v) is 1.77. The normalized spacial score (nSPS) is 13.3. The molecule has 0 amide bonds. The van der Waals surface area contributed by atoms with Crippen LogP contribution in [0.4, 0.5) is 13.2 Å². The number of hydrogen-bond donors (Lipinski definition) is 1. The molecule has 1 N–H and O–H groups in total. The zero-order valence-electron chi connectivity index (χ0n) is 8.84. The summed E-state index contributed by atoms with van der Waals surface area (Å²) in [7, 11) is 0. The number of carbonyl (C=O) groups is 1. The average molecular weight is 227 g/mol. The molecule has 15 heavy (non-hydrogen) atoms. The zero-order valence-corrected chi connectivity index (χ0v) is 8.84. The van der Waals surface area contributed by atoms with Crippen molar-refractivity contribution in [3.8, 4) is 0 Å². The first-order chi connectivity index (χ1) is 6.70. The van der Waals surface area contributed by atoms with E-state index in [0.717, 1.165) is 4.90 Å². The number of aldehydes is 1. The highest BCUT2D eigenvalue weighted by Crippen LogP contribution is 2.20. The van der Waals surface area contributed by atoms with E-state index in [9.17, 15) is 18.0 Å². The lowest BCUT2D eigenvalue weighted by Gasteiger charge is -2.28. The minimum Gasteiger partial charge on any atom is -0.395 e. The molecule has 0 saturated carbocycles. The molecule has 0 aromatic carbocycles. The lowest BCUT2D eigenvalue weighted by atomic mass is 9.95. The molecule has 0 unspecified atom stereocenters. The molecule has 0 bridgehead atoms. The zero-order chi connectivity index (χ0) is 12.1. The molecule has 0 rings (SSSR count). The van der Waals surface area contributed by atoms with E-state index in [1.165, 1.54) is 0 Å². The summed E-state index contributed by atoms with van der Waals surface area (Å²) in [6.45, 7) is 1.55. The highest BCUT2D eigenvalue weighted by molar-refractivity contribution is 5.58. The van der Waals surface area contributed by atoms with Crippen molar-refractivity contribution in [1.82, 2.24) is 4.90 Å². The molecule has 0 aliphatic heterocycles. The van der Waals surface area contributed by atoms with Crippen molar-refractivity contribution in [3.63, 3.8) is 0 Å². The van der Waals surface area contributed by atoms with Crippen LogP contribution in [0.25, 0.3) is 0 Å². The topological polar surface area (TPSA) is 40.5 Å². The van der Waals surface area contributed by atoms with Crippen molar-refractivity contribution in [2.45, 2.75) is 20.0 Å². The molecule has 90 valence electrons. The van der Waals surface area contributed by atoms with Crippen LogP contribution in [0.5, 0.6) is 0 Å². The van der Waals surface area contributed by atoms with Crippen LogP contribution in [0.3, 0.4) is 0 Å². The van der Waals surface area contributed by atoms with Crippen molar-refractivity contribution in [1.29, 1.82) is 0 Å². The average Bonchev–Trinajstić information content (AvgIpc) is 2.01. The third-order valence-electron chi connectivity index (χ3n) is 1.77. The number of aliphatic hydroxyl groups excluding tert-OH is 1. The molecule has 0 aliphatic carbocycles. The fraction of sp³-hybridized carbons (Fsp3) is 0.889. The van der Waals surface area contributed by atoms with Gasteiger partial charge in [-0.05, 0) is 0 Å². The van der Waals surface area contributed by atoms with Crippen molar-refractivity contribution in [2.75, 3.05) is 26.2 Å². The molecule has 0 saturated heterocycles. The van der Waals surface area contributed by atoms with Crippen LogP contribution in [0.15, 0.2) is 0 Å². The molecular formula is C9H16F3NO2.